The lowest BCUT2D eigenvalue weighted by atomic mass is 9.70. The van der Waals surface area contributed by atoms with Crippen LogP contribution in [0.4, 0.5) is 0 Å². The predicted octanol–water partition coefficient (Wildman–Crippen LogP) is 8.79. The normalized spacial score (nSPS) is 14.3. The van der Waals surface area contributed by atoms with Gasteiger partial charge in [-0.3, -0.25) is 9.97 Å². The number of nitrogens with zero attached hydrogens (tertiary/aromatic N) is 6. The van der Waals surface area contributed by atoms with Crippen LogP contribution in [-0.2, 0) is 11.2 Å². The summed E-state index contributed by atoms with van der Waals surface area (Å²) in [5.74, 6) is 0. The van der Waals surface area contributed by atoms with Crippen LogP contribution in [0.5, 0.6) is 0 Å². The molecule has 0 radical (unpaired) electrons. The monoisotopic (exact) mass is 836 g/mol. The summed E-state index contributed by atoms with van der Waals surface area (Å²) in [6, 6.07) is 24.8. The first-order valence-electron chi connectivity index (χ1n) is 17.6. The van der Waals surface area contributed by atoms with E-state index in [1.165, 1.54) is 21.4 Å². The van der Waals surface area contributed by atoms with Crippen molar-refractivity contribution in [1.29, 1.82) is 0 Å². The highest BCUT2D eigenvalue weighted by Gasteiger charge is 2.46. The van der Waals surface area contributed by atoms with E-state index >= 15 is 0 Å². The van der Waals surface area contributed by atoms with Gasteiger partial charge in [-0.05, 0) is 58.0 Å². The van der Waals surface area contributed by atoms with Gasteiger partial charge in [0.2, 0.25) is 0 Å². The van der Waals surface area contributed by atoms with Crippen molar-refractivity contribution >= 4 is 35.9 Å². The van der Waals surface area contributed by atoms with E-state index in [9.17, 15) is 10.2 Å². The third-order valence-electron chi connectivity index (χ3n) is 9.66. The highest BCUT2D eigenvalue weighted by atomic mass is 127. The Balaban J connectivity index is 0.000000206. The first-order valence-corrected chi connectivity index (χ1v) is 22.2. The van der Waals surface area contributed by atoms with Gasteiger partial charge in [0, 0.05) is 73.8 Å². The molecule has 0 aliphatic heterocycles. The molecule has 4 aromatic heterocycles. The first-order chi connectivity index (χ1) is 24.9. The lowest BCUT2D eigenvalue weighted by Gasteiger charge is -2.39. The van der Waals surface area contributed by atoms with Gasteiger partial charge < -0.3 is 10.2 Å². The summed E-state index contributed by atoms with van der Waals surface area (Å²) >= 11 is 2.29. The minimum absolute atomic E-state index is 0.477. The second-order valence-corrected chi connectivity index (χ2v) is 22.7. The van der Waals surface area contributed by atoms with E-state index in [-0.39, 0.29) is 0 Å². The minimum Gasteiger partial charge on any atom is -0.378 e. The zero-order valence-corrected chi connectivity index (χ0v) is 35.2. The Morgan fingerprint density at radius 1 is 0.472 bits per heavy atom. The predicted molar refractivity (Wildman–Crippen MR) is 224 cm³/mol. The van der Waals surface area contributed by atoms with E-state index < -0.39 is 30.1 Å². The molecule has 8 nitrogen and oxygen atoms in total. The Morgan fingerprint density at radius 2 is 0.811 bits per heavy atom. The molecule has 0 aliphatic rings. The topological polar surface area (TPSA) is 118 Å². The Labute approximate surface area is 328 Å². The zero-order valence-electron chi connectivity index (χ0n) is 32.0. The van der Waals surface area contributed by atoms with Gasteiger partial charge >= 0.3 is 0 Å². The van der Waals surface area contributed by atoms with Crippen LogP contribution in [-0.4, -0.2) is 48.2 Å². The van der Waals surface area contributed by atoms with Crippen molar-refractivity contribution in [2.45, 2.75) is 72.4 Å². The smallest absolute Gasteiger partial charge is 0.139 e. The fourth-order valence-corrected chi connectivity index (χ4v) is 7.79. The van der Waals surface area contributed by atoms with Crippen LogP contribution in [0, 0.1) is 14.4 Å². The molecule has 10 heteroatoms. The van der Waals surface area contributed by atoms with Crippen LogP contribution in [0.1, 0.15) is 64.1 Å². The fraction of sp³-hybridized carbons (Fsp3) is 0.302. The van der Waals surface area contributed by atoms with E-state index in [0.717, 1.165) is 22.3 Å². The van der Waals surface area contributed by atoms with E-state index in [1.807, 2.05) is 72.0 Å². The number of rotatable bonds is 7. The molecule has 53 heavy (non-hydrogen) atoms. The molecule has 6 aromatic rings. The minimum atomic E-state index is -1.31. The van der Waals surface area contributed by atoms with E-state index in [1.54, 1.807) is 31.0 Å². The second-order valence-electron chi connectivity index (χ2n) is 16.4. The Morgan fingerprint density at radius 3 is 1.11 bits per heavy atom. The molecular formula is C43H49IN6O2Si. The number of aliphatic hydroxyl groups is 2. The summed E-state index contributed by atoms with van der Waals surface area (Å²) in [7, 11) is -1.31. The fourth-order valence-electron chi connectivity index (χ4n) is 6.26. The van der Waals surface area contributed by atoms with Crippen molar-refractivity contribution in [1.82, 2.24) is 29.9 Å². The lowest BCUT2D eigenvalue weighted by Crippen LogP contribution is -2.42. The van der Waals surface area contributed by atoms with Gasteiger partial charge in [-0.2, -0.15) is 0 Å². The van der Waals surface area contributed by atoms with Crippen molar-refractivity contribution in [2.24, 2.45) is 10.8 Å². The molecular weight excluding hydrogens is 788 g/mol. The molecule has 2 atom stereocenters. The Bertz CT molecular complexity index is 2080. The summed E-state index contributed by atoms with van der Waals surface area (Å²) in [6.07, 6.45) is 13.2. The number of hydrogen-bond acceptors (Lipinski definition) is 8. The molecule has 0 saturated heterocycles. The number of halogens is 1. The van der Waals surface area contributed by atoms with Gasteiger partial charge in [-0.25, -0.2) is 19.9 Å². The van der Waals surface area contributed by atoms with E-state index in [0.29, 0.717) is 22.5 Å². The van der Waals surface area contributed by atoms with Crippen molar-refractivity contribution in [3.63, 3.8) is 0 Å². The molecule has 0 spiro atoms. The third-order valence-corrected chi connectivity index (χ3v) is 12.4. The standard InChI is InChI=1S/C23H29N3OSi.C20H20IN3O/c1-22(2,3)23(27,19-14-24-16-25-15-19)21-12-9-18(13-26-21)17-7-10-20(11-8-17)28(4,5)6;1-19(2,3)20(25,16-11-22-13-23-12-16)18-9-6-15(10-24-18)14-4-7-17(21)8-5-14/h7-16,27H,1-6H3;4-13,25H,1-3H3. The number of pyridine rings is 2. The molecule has 0 bridgehead atoms. The Kier molecular flexibility index (Phi) is 11.8. The highest BCUT2D eigenvalue weighted by Crippen LogP contribution is 2.45. The molecule has 2 aromatic carbocycles. The molecule has 0 amide bonds. The van der Waals surface area contributed by atoms with Gasteiger partial charge in [0.15, 0.2) is 0 Å². The summed E-state index contributed by atoms with van der Waals surface area (Å²) in [5, 5.41) is 24.6. The van der Waals surface area contributed by atoms with Crippen LogP contribution >= 0.6 is 22.6 Å². The van der Waals surface area contributed by atoms with E-state index in [4.69, 9.17) is 0 Å². The van der Waals surface area contributed by atoms with Gasteiger partial charge in [-0.15, -0.1) is 0 Å². The number of aromatic nitrogens is 6. The van der Waals surface area contributed by atoms with Crippen LogP contribution in [0.25, 0.3) is 22.3 Å². The van der Waals surface area contributed by atoms with Gasteiger partial charge in [-0.1, -0.05) is 115 Å². The number of hydrogen-bond donors (Lipinski definition) is 2. The molecule has 0 fully saturated rings. The molecule has 6 rings (SSSR count). The van der Waals surface area contributed by atoms with Crippen molar-refractivity contribution in [3.8, 4) is 22.3 Å². The largest absolute Gasteiger partial charge is 0.378 e. The van der Waals surface area contributed by atoms with Crippen LogP contribution in [0.2, 0.25) is 19.6 Å². The molecule has 274 valence electrons. The molecule has 0 aliphatic carbocycles. The van der Waals surface area contributed by atoms with Gasteiger partial charge in [0.05, 0.1) is 19.5 Å². The van der Waals surface area contributed by atoms with Crippen molar-refractivity contribution in [3.05, 3.63) is 149 Å². The maximum atomic E-state index is 11.6. The van der Waals surface area contributed by atoms with E-state index in [2.05, 4.69) is 121 Å². The van der Waals surface area contributed by atoms with Gasteiger partial charge in [0.1, 0.15) is 23.9 Å². The average molecular weight is 837 g/mol. The Hall–Kier alpha value is -4.23. The first kappa shape index (κ1) is 40.0. The summed E-state index contributed by atoms with van der Waals surface area (Å²) in [4.78, 5) is 25.5. The molecule has 2 N–H and O–H groups in total. The van der Waals surface area contributed by atoms with Crippen LogP contribution in [0.3, 0.4) is 0 Å². The second kappa shape index (κ2) is 15.6. The third kappa shape index (κ3) is 8.62. The maximum absolute atomic E-state index is 11.6. The lowest BCUT2D eigenvalue weighted by molar-refractivity contribution is -0.0301. The maximum Gasteiger partial charge on any atom is 0.139 e. The number of benzene rings is 2. The summed E-state index contributed by atoms with van der Waals surface area (Å²) < 4.78 is 1.19. The van der Waals surface area contributed by atoms with Crippen LogP contribution < -0.4 is 5.19 Å². The summed E-state index contributed by atoms with van der Waals surface area (Å²) in [5.41, 5.74) is 3.21. The zero-order chi connectivity index (χ0) is 38.7. The molecule has 4 heterocycles. The molecule has 0 saturated carbocycles. The molecule has 2 unspecified atom stereocenters. The SMILES string of the molecule is CC(C)(C)C(O)(c1cncnc1)c1ccc(-c2ccc(I)cc2)cn1.CC(C)(C)C(O)(c1cncnc1)c1ccc(-c2ccc([Si](C)(C)C)cc2)cn1. The quantitative estimate of drug-likeness (QED) is 0.121. The van der Waals surface area contributed by atoms with Crippen molar-refractivity contribution < 1.29 is 10.2 Å². The average Bonchev–Trinajstić information content (AvgIpc) is 3.14. The highest BCUT2D eigenvalue weighted by molar-refractivity contribution is 14.1. The van der Waals surface area contributed by atoms with Crippen molar-refractivity contribution in [2.75, 3.05) is 0 Å². The van der Waals surface area contributed by atoms with Gasteiger partial charge in [0.25, 0.3) is 0 Å². The summed E-state index contributed by atoms with van der Waals surface area (Å²) in [6.45, 7) is 19.0. The van der Waals surface area contributed by atoms with Crippen LogP contribution in [0.15, 0.2) is 123 Å².